The molecule has 5 rings (SSSR count). The van der Waals surface area contributed by atoms with Crippen molar-refractivity contribution in [1.29, 1.82) is 0 Å². The maximum atomic E-state index is 13.6. The number of halogens is 1. The van der Waals surface area contributed by atoms with Crippen LogP contribution in [0.15, 0.2) is 84.1 Å². The summed E-state index contributed by atoms with van der Waals surface area (Å²) in [5.74, 6) is 0.0493. The number of rotatable bonds is 5. The molecule has 0 spiro atoms. The van der Waals surface area contributed by atoms with Gasteiger partial charge in [-0.15, -0.1) is 0 Å². The van der Waals surface area contributed by atoms with Gasteiger partial charge in [0.05, 0.1) is 17.6 Å². The molecule has 0 radical (unpaired) electrons. The maximum Gasteiger partial charge on any atom is 0.237 e. The lowest BCUT2D eigenvalue weighted by Crippen LogP contribution is -2.30. The van der Waals surface area contributed by atoms with Gasteiger partial charge in [0.1, 0.15) is 5.82 Å². The number of aromatic nitrogens is 2. The molecule has 1 aromatic heterocycles. The van der Waals surface area contributed by atoms with Crippen molar-refractivity contribution in [3.8, 4) is 16.9 Å². The van der Waals surface area contributed by atoms with E-state index < -0.39 is 0 Å². The maximum absolute atomic E-state index is 13.6. The van der Waals surface area contributed by atoms with Crippen molar-refractivity contribution in [3.63, 3.8) is 0 Å². The molecule has 1 aliphatic rings. The third-order valence-electron chi connectivity index (χ3n) is 5.67. The first-order chi connectivity index (χ1) is 15.6. The minimum atomic E-state index is -0.289. The molecular weight excluding hydrogens is 421 g/mol. The van der Waals surface area contributed by atoms with Gasteiger partial charge in [-0.2, -0.15) is 0 Å². The number of hydrogen-bond donors (Lipinski definition) is 0. The Bertz CT molecular complexity index is 1270. The molecule has 32 heavy (non-hydrogen) atoms. The summed E-state index contributed by atoms with van der Waals surface area (Å²) in [6.45, 7) is 2.75. The van der Waals surface area contributed by atoms with Gasteiger partial charge in [-0.1, -0.05) is 59.8 Å². The first-order valence-electron chi connectivity index (χ1n) is 10.5. The number of nitrogens with zero attached hydrogens (tertiary/aromatic N) is 3. The summed E-state index contributed by atoms with van der Waals surface area (Å²) in [6, 6.07) is 22.6. The van der Waals surface area contributed by atoms with Crippen LogP contribution in [-0.2, 0) is 11.2 Å². The van der Waals surface area contributed by atoms with Crippen molar-refractivity contribution in [2.45, 2.75) is 18.5 Å². The van der Waals surface area contributed by atoms with E-state index in [-0.39, 0.29) is 17.5 Å². The zero-order valence-electron chi connectivity index (χ0n) is 17.7. The van der Waals surface area contributed by atoms with Crippen molar-refractivity contribution in [1.82, 2.24) is 9.55 Å². The van der Waals surface area contributed by atoms with Gasteiger partial charge in [0.15, 0.2) is 5.16 Å². The SMILES string of the molecule is Cc1ccc(-c2cnc(SCC(=O)N3CCc4ccccc43)n2-c2ccc(F)cc2)cc1. The van der Waals surface area contributed by atoms with Crippen molar-refractivity contribution in [2.75, 3.05) is 17.2 Å². The summed E-state index contributed by atoms with van der Waals surface area (Å²) in [7, 11) is 0. The Morgan fingerprint density at radius 2 is 1.78 bits per heavy atom. The van der Waals surface area contributed by atoms with Crippen molar-refractivity contribution in [2.24, 2.45) is 0 Å². The van der Waals surface area contributed by atoms with Crippen LogP contribution < -0.4 is 4.90 Å². The van der Waals surface area contributed by atoms with E-state index in [1.165, 1.54) is 35.0 Å². The Morgan fingerprint density at radius 1 is 1.03 bits per heavy atom. The van der Waals surface area contributed by atoms with E-state index in [4.69, 9.17) is 0 Å². The quantitative estimate of drug-likeness (QED) is 0.373. The third kappa shape index (κ3) is 3.94. The van der Waals surface area contributed by atoms with Gasteiger partial charge in [0.2, 0.25) is 5.91 Å². The number of carbonyl (C=O) groups excluding carboxylic acids is 1. The van der Waals surface area contributed by atoms with E-state index in [2.05, 4.69) is 23.2 Å². The molecule has 0 N–H and O–H groups in total. The molecule has 0 saturated heterocycles. The average molecular weight is 444 g/mol. The fourth-order valence-corrected chi connectivity index (χ4v) is 4.87. The van der Waals surface area contributed by atoms with Crippen LogP contribution in [0, 0.1) is 12.7 Å². The minimum Gasteiger partial charge on any atom is -0.311 e. The second kappa shape index (κ2) is 8.63. The number of carbonyl (C=O) groups is 1. The lowest BCUT2D eigenvalue weighted by atomic mass is 10.1. The van der Waals surface area contributed by atoms with Crippen LogP contribution in [0.5, 0.6) is 0 Å². The fraction of sp³-hybridized carbons (Fsp3) is 0.154. The molecule has 0 saturated carbocycles. The van der Waals surface area contributed by atoms with Gasteiger partial charge in [-0.3, -0.25) is 9.36 Å². The molecule has 4 aromatic rings. The van der Waals surface area contributed by atoms with Crippen molar-refractivity contribution >= 4 is 23.4 Å². The molecule has 0 bridgehead atoms. The van der Waals surface area contributed by atoms with E-state index in [1.807, 2.05) is 52.9 Å². The lowest BCUT2D eigenvalue weighted by Gasteiger charge is -2.17. The molecule has 0 aliphatic carbocycles. The summed E-state index contributed by atoms with van der Waals surface area (Å²) < 4.78 is 15.6. The summed E-state index contributed by atoms with van der Waals surface area (Å²) >= 11 is 1.40. The Kier molecular flexibility index (Phi) is 5.53. The largest absolute Gasteiger partial charge is 0.311 e. The van der Waals surface area contributed by atoms with Crippen LogP contribution in [-0.4, -0.2) is 27.8 Å². The normalized spacial score (nSPS) is 12.8. The second-order valence-electron chi connectivity index (χ2n) is 7.82. The molecule has 0 atom stereocenters. The minimum absolute atomic E-state index is 0.0606. The molecule has 0 unspecified atom stereocenters. The smallest absolute Gasteiger partial charge is 0.237 e. The summed E-state index contributed by atoms with van der Waals surface area (Å²) in [5.41, 5.74) is 6.10. The van der Waals surface area contributed by atoms with Crippen LogP contribution in [0.4, 0.5) is 10.1 Å². The first-order valence-corrected chi connectivity index (χ1v) is 11.5. The van der Waals surface area contributed by atoms with E-state index in [1.54, 1.807) is 12.1 Å². The molecular formula is C26H22FN3OS. The topological polar surface area (TPSA) is 38.1 Å². The number of anilines is 1. The number of benzene rings is 3. The Labute approximate surface area is 190 Å². The van der Waals surface area contributed by atoms with Crippen molar-refractivity contribution in [3.05, 3.63) is 95.9 Å². The fourth-order valence-electron chi connectivity index (χ4n) is 4.01. The van der Waals surface area contributed by atoms with Gasteiger partial charge < -0.3 is 4.90 Å². The summed E-state index contributed by atoms with van der Waals surface area (Å²) in [4.78, 5) is 19.5. The molecule has 3 aromatic carbocycles. The third-order valence-corrected chi connectivity index (χ3v) is 6.61. The molecule has 6 heteroatoms. The van der Waals surface area contributed by atoms with Crippen LogP contribution in [0.1, 0.15) is 11.1 Å². The molecule has 2 heterocycles. The highest BCUT2D eigenvalue weighted by atomic mass is 32.2. The van der Waals surface area contributed by atoms with Gasteiger partial charge in [-0.25, -0.2) is 9.37 Å². The number of hydrogen-bond acceptors (Lipinski definition) is 3. The average Bonchev–Trinajstić information content (AvgIpc) is 3.43. The highest BCUT2D eigenvalue weighted by Gasteiger charge is 2.25. The monoisotopic (exact) mass is 443 g/mol. The number of thioether (sulfide) groups is 1. The number of amides is 1. The van der Waals surface area contributed by atoms with Crippen LogP contribution in [0.3, 0.4) is 0 Å². The molecule has 4 nitrogen and oxygen atoms in total. The van der Waals surface area contributed by atoms with E-state index in [9.17, 15) is 9.18 Å². The Morgan fingerprint density at radius 3 is 2.56 bits per heavy atom. The van der Waals surface area contributed by atoms with E-state index in [0.29, 0.717) is 11.7 Å². The van der Waals surface area contributed by atoms with Gasteiger partial charge >= 0.3 is 0 Å². The molecule has 0 fully saturated rings. The lowest BCUT2D eigenvalue weighted by molar-refractivity contribution is -0.116. The zero-order chi connectivity index (χ0) is 22.1. The summed E-state index contributed by atoms with van der Waals surface area (Å²) in [5, 5.41) is 0.702. The molecule has 1 amide bonds. The highest BCUT2D eigenvalue weighted by molar-refractivity contribution is 7.99. The molecule has 160 valence electrons. The van der Waals surface area contributed by atoms with Gasteiger partial charge in [0, 0.05) is 23.5 Å². The van der Waals surface area contributed by atoms with E-state index in [0.717, 1.165) is 29.1 Å². The van der Waals surface area contributed by atoms with Crippen LogP contribution >= 0.6 is 11.8 Å². The number of imidazole rings is 1. The van der Waals surface area contributed by atoms with Crippen LogP contribution in [0.25, 0.3) is 16.9 Å². The molecule has 1 aliphatic heterocycles. The first kappa shape index (κ1) is 20.5. The number of para-hydroxylation sites is 1. The zero-order valence-corrected chi connectivity index (χ0v) is 18.5. The summed E-state index contributed by atoms with van der Waals surface area (Å²) in [6.07, 6.45) is 2.69. The Balaban J connectivity index is 1.44. The van der Waals surface area contributed by atoms with Gasteiger partial charge in [-0.05, 0) is 49.2 Å². The predicted molar refractivity (Wildman–Crippen MR) is 127 cm³/mol. The van der Waals surface area contributed by atoms with Crippen LogP contribution in [0.2, 0.25) is 0 Å². The Hall–Kier alpha value is -3.38. The number of aryl methyl sites for hydroxylation is 1. The number of fused-ring (bicyclic) bond motifs is 1. The van der Waals surface area contributed by atoms with Crippen molar-refractivity contribution < 1.29 is 9.18 Å². The standard InChI is InChI=1S/C26H22FN3OS/c1-18-6-8-20(9-7-18)24-16-28-26(30(24)22-12-10-21(27)11-13-22)32-17-25(31)29-15-14-19-4-2-3-5-23(19)29/h2-13,16H,14-15,17H2,1H3. The second-order valence-corrected chi connectivity index (χ2v) is 8.76. The van der Waals surface area contributed by atoms with Gasteiger partial charge in [0.25, 0.3) is 0 Å². The van der Waals surface area contributed by atoms with E-state index >= 15 is 0 Å². The highest BCUT2D eigenvalue weighted by Crippen LogP contribution is 2.32. The predicted octanol–water partition coefficient (Wildman–Crippen LogP) is 5.67.